The van der Waals surface area contributed by atoms with E-state index < -0.39 is 0 Å². The number of benzene rings is 1. The highest BCUT2D eigenvalue weighted by molar-refractivity contribution is 9.10. The van der Waals surface area contributed by atoms with E-state index in [1.54, 1.807) is 6.20 Å². The summed E-state index contributed by atoms with van der Waals surface area (Å²) in [6.45, 7) is 4.17. The lowest BCUT2D eigenvalue weighted by Gasteiger charge is -2.15. The molecule has 1 heterocycles. The minimum absolute atomic E-state index is 0.198. The van der Waals surface area contributed by atoms with E-state index in [9.17, 15) is 0 Å². The van der Waals surface area contributed by atoms with Crippen molar-refractivity contribution >= 4 is 26.8 Å². The van der Waals surface area contributed by atoms with E-state index in [0.717, 1.165) is 27.5 Å². The summed E-state index contributed by atoms with van der Waals surface area (Å²) in [5.74, 6) is 0.840. The maximum absolute atomic E-state index is 5.90. The van der Waals surface area contributed by atoms with Crippen LogP contribution >= 0.6 is 15.9 Å². The van der Waals surface area contributed by atoms with E-state index in [-0.39, 0.29) is 6.10 Å². The first kappa shape index (κ1) is 11.4. The summed E-state index contributed by atoms with van der Waals surface area (Å²) < 4.78 is 6.86. The molecule has 1 atom stereocenters. The fourth-order valence-corrected chi connectivity index (χ4v) is 1.90. The number of halogens is 1. The third-order valence-corrected chi connectivity index (χ3v) is 3.20. The van der Waals surface area contributed by atoms with Crippen molar-refractivity contribution in [2.45, 2.75) is 26.4 Å². The van der Waals surface area contributed by atoms with E-state index in [2.05, 4.69) is 34.8 Å². The van der Waals surface area contributed by atoms with Crippen LogP contribution in [0.25, 0.3) is 10.9 Å². The van der Waals surface area contributed by atoms with Gasteiger partial charge in [0, 0.05) is 11.6 Å². The Balaban J connectivity index is 2.52. The average molecular weight is 280 g/mol. The second kappa shape index (κ2) is 4.83. The highest BCUT2D eigenvalue weighted by Crippen LogP contribution is 2.33. The number of hydrogen-bond acceptors (Lipinski definition) is 2. The molecule has 84 valence electrons. The summed E-state index contributed by atoms with van der Waals surface area (Å²) in [6.07, 6.45) is 2.97. The molecule has 0 amide bonds. The van der Waals surface area contributed by atoms with Crippen molar-refractivity contribution in [1.82, 2.24) is 4.98 Å². The predicted molar refractivity (Wildman–Crippen MR) is 69.8 cm³/mol. The Morgan fingerprint density at radius 1 is 1.38 bits per heavy atom. The molecule has 0 N–H and O–H groups in total. The zero-order valence-electron chi connectivity index (χ0n) is 9.40. The van der Waals surface area contributed by atoms with Crippen molar-refractivity contribution in [1.29, 1.82) is 0 Å². The molecule has 1 aromatic carbocycles. The van der Waals surface area contributed by atoms with Gasteiger partial charge in [-0.05, 0) is 41.4 Å². The first-order valence-corrected chi connectivity index (χ1v) is 6.21. The molecular weight excluding hydrogens is 266 g/mol. The monoisotopic (exact) mass is 279 g/mol. The van der Waals surface area contributed by atoms with Gasteiger partial charge in [-0.15, -0.1) is 0 Å². The Labute approximate surface area is 104 Å². The molecule has 0 spiro atoms. The van der Waals surface area contributed by atoms with Gasteiger partial charge in [-0.25, -0.2) is 0 Å². The van der Waals surface area contributed by atoms with Gasteiger partial charge < -0.3 is 4.74 Å². The number of nitrogens with zero attached hydrogens (tertiary/aromatic N) is 1. The van der Waals surface area contributed by atoms with Crippen LogP contribution in [0.1, 0.15) is 20.3 Å². The Hall–Kier alpha value is -1.09. The third kappa shape index (κ3) is 2.19. The zero-order chi connectivity index (χ0) is 11.5. The first-order chi connectivity index (χ1) is 7.72. The molecule has 0 fully saturated rings. The molecule has 0 aliphatic carbocycles. The smallest absolute Gasteiger partial charge is 0.160 e. The number of aromatic nitrogens is 1. The normalized spacial score (nSPS) is 12.7. The highest BCUT2D eigenvalue weighted by Gasteiger charge is 2.10. The van der Waals surface area contributed by atoms with Crippen molar-refractivity contribution in [2.75, 3.05) is 0 Å². The second-order valence-corrected chi connectivity index (χ2v) is 4.64. The SMILES string of the molecule is CCC(C)Oc1c(Br)ccc2cccnc12. The highest BCUT2D eigenvalue weighted by atomic mass is 79.9. The molecular formula is C13H14BrNO. The molecule has 16 heavy (non-hydrogen) atoms. The quantitative estimate of drug-likeness (QED) is 0.841. The Morgan fingerprint density at radius 2 is 2.19 bits per heavy atom. The Kier molecular flexibility index (Phi) is 3.44. The van der Waals surface area contributed by atoms with Gasteiger partial charge in [0.2, 0.25) is 0 Å². The molecule has 1 unspecified atom stereocenters. The lowest BCUT2D eigenvalue weighted by Crippen LogP contribution is -2.10. The van der Waals surface area contributed by atoms with Crippen LogP contribution < -0.4 is 4.74 Å². The lowest BCUT2D eigenvalue weighted by molar-refractivity contribution is 0.218. The molecule has 2 rings (SSSR count). The van der Waals surface area contributed by atoms with Crippen molar-refractivity contribution in [2.24, 2.45) is 0 Å². The van der Waals surface area contributed by atoms with Crippen LogP contribution in [0.15, 0.2) is 34.9 Å². The van der Waals surface area contributed by atoms with Crippen molar-refractivity contribution in [3.8, 4) is 5.75 Å². The molecule has 0 radical (unpaired) electrons. The van der Waals surface area contributed by atoms with Crippen molar-refractivity contribution in [3.05, 3.63) is 34.9 Å². The second-order valence-electron chi connectivity index (χ2n) is 3.79. The van der Waals surface area contributed by atoms with Gasteiger partial charge in [-0.3, -0.25) is 4.98 Å². The molecule has 2 aromatic rings. The Bertz CT molecular complexity index is 498. The van der Waals surface area contributed by atoms with E-state index in [0.29, 0.717) is 0 Å². The molecule has 0 bridgehead atoms. The summed E-state index contributed by atoms with van der Waals surface area (Å²) >= 11 is 3.51. The predicted octanol–water partition coefficient (Wildman–Crippen LogP) is 4.17. The fraction of sp³-hybridized carbons (Fsp3) is 0.308. The average Bonchev–Trinajstić information content (AvgIpc) is 2.32. The van der Waals surface area contributed by atoms with Crippen molar-refractivity contribution in [3.63, 3.8) is 0 Å². The molecule has 0 aliphatic heterocycles. The van der Waals surface area contributed by atoms with Crippen molar-refractivity contribution < 1.29 is 4.74 Å². The van der Waals surface area contributed by atoms with Crippen LogP contribution in [-0.4, -0.2) is 11.1 Å². The van der Waals surface area contributed by atoms with Crippen LogP contribution in [0.3, 0.4) is 0 Å². The van der Waals surface area contributed by atoms with Crippen LogP contribution in [-0.2, 0) is 0 Å². The summed E-state index contributed by atoms with van der Waals surface area (Å²) in [5.41, 5.74) is 0.914. The van der Waals surface area contributed by atoms with E-state index >= 15 is 0 Å². The zero-order valence-corrected chi connectivity index (χ0v) is 11.0. The van der Waals surface area contributed by atoms with Gasteiger partial charge in [-0.1, -0.05) is 19.1 Å². The van der Waals surface area contributed by atoms with Crippen LogP contribution in [0, 0.1) is 0 Å². The number of rotatable bonds is 3. The van der Waals surface area contributed by atoms with Crippen LogP contribution in [0.4, 0.5) is 0 Å². The third-order valence-electron chi connectivity index (χ3n) is 2.57. The minimum atomic E-state index is 0.198. The van der Waals surface area contributed by atoms with Gasteiger partial charge in [0.25, 0.3) is 0 Å². The largest absolute Gasteiger partial charge is 0.487 e. The number of fused-ring (bicyclic) bond motifs is 1. The number of pyridine rings is 1. The van der Waals surface area contributed by atoms with Crippen LogP contribution in [0.5, 0.6) is 5.75 Å². The summed E-state index contributed by atoms with van der Waals surface area (Å²) in [4.78, 5) is 4.37. The van der Waals surface area contributed by atoms with Gasteiger partial charge >= 0.3 is 0 Å². The molecule has 0 saturated carbocycles. The maximum atomic E-state index is 5.90. The van der Waals surface area contributed by atoms with Gasteiger partial charge in [-0.2, -0.15) is 0 Å². The van der Waals surface area contributed by atoms with E-state index in [1.807, 2.05) is 24.3 Å². The number of ether oxygens (including phenoxy) is 1. The van der Waals surface area contributed by atoms with E-state index in [4.69, 9.17) is 4.74 Å². The first-order valence-electron chi connectivity index (χ1n) is 5.42. The summed E-state index contributed by atoms with van der Waals surface area (Å²) in [5, 5.41) is 1.10. The van der Waals surface area contributed by atoms with Crippen LogP contribution in [0.2, 0.25) is 0 Å². The maximum Gasteiger partial charge on any atom is 0.160 e. The summed E-state index contributed by atoms with van der Waals surface area (Å²) in [6, 6.07) is 8.01. The topological polar surface area (TPSA) is 22.1 Å². The van der Waals surface area contributed by atoms with Gasteiger partial charge in [0.1, 0.15) is 5.52 Å². The van der Waals surface area contributed by atoms with Gasteiger partial charge in [0.15, 0.2) is 5.75 Å². The molecule has 1 aromatic heterocycles. The van der Waals surface area contributed by atoms with E-state index in [1.165, 1.54) is 0 Å². The molecule has 0 saturated heterocycles. The molecule has 0 aliphatic rings. The molecule has 2 nitrogen and oxygen atoms in total. The molecule has 3 heteroatoms. The minimum Gasteiger partial charge on any atom is -0.487 e. The van der Waals surface area contributed by atoms with Gasteiger partial charge in [0.05, 0.1) is 10.6 Å². The Morgan fingerprint density at radius 3 is 2.94 bits per heavy atom. The summed E-state index contributed by atoms with van der Waals surface area (Å²) in [7, 11) is 0. The fourth-order valence-electron chi connectivity index (χ4n) is 1.49. The standard InChI is InChI=1S/C13H14BrNO/c1-3-9(2)16-13-11(14)7-6-10-5-4-8-15-12(10)13/h4-9H,3H2,1-2H3. The number of hydrogen-bond donors (Lipinski definition) is 0. The lowest BCUT2D eigenvalue weighted by atomic mass is 10.2.